The molecule has 0 unspecified atom stereocenters. The molecular weight excluding hydrogens is 288 g/mol. The van der Waals surface area contributed by atoms with Crippen LogP contribution in [0.2, 0.25) is 0 Å². The number of hydrogen-bond acceptors (Lipinski definition) is 3. The average molecular weight is 312 g/mol. The molecule has 0 fully saturated rings. The van der Waals surface area contributed by atoms with Gasteiger partial charge in [0.05, 0.1) is 13.5 Å². The van der Waals surface area contributed by atoms with Crippen molar-refractivity contribution in [3.05, 3.63) is 58.9 Å². The third kappa shape index (κ3) is 4.31. The highest BCUT2D eigenvalue weighted by atomic mass is 16.5. The number of amides is 1. The molecule has 0 bridgehead atoms. The first-order valence-corrected chi connectivity index (χ1v) is 7.79. The summed E-state index contributed by atoms with van der Waals surface area (Å²) in [5.74, 6) is 0.997. The molecule has 1 aromatic heterocycles. The van der Waals surface area contributed by atoms with Gasteiger partial charge in [0.1, 0.15) is 5.75 Å². The standard InChI is InChI=1S/C19H24N2O2/c1-14-15(2)18(23-4)6-5-17(14)13-19(22)21(3)12-9-16-7-10-20-11-8-16/h5-8,10-11H,9,12-13H2,1-4H3. The zero-order valence-electron chi connectivity index (χ0n) is 14.3. The van der Waals surface area contributed by atoms with Crippen molar-refractivity contribution in [3.8, 4) is 5.75 Å². The van der Waals surface area contributed by atoms with Crippen molar-refractivity contribution >= 4 is 5.91 Å². The highest BCUT2D eigenvalue weighted by Crippen LogP contribution is 2.24. The lowest BCUT2D eigenvalue weighted by atomic mass is 9.99. The molecule has 23 heavy (non-hydrogen) atoms. The number of rotatable bonds is 6. The molecule has 0 saturated heterocycles. The van der Waals surface area contributed by atoms with Gasteiger partial charge in [0.15, 0.2) is 0 Å². The second kappa shape index (κ2) is 7.77. The predicted molar refractivity (Wildman–Crippen MR) is 91.8 cm³/mol. The normalized spacial score (nSPS) is 10.4. The average Bonchev–Trinajstić information content (AvgIpc) is 2.58. The smallest absolute Gasteiger partial charge is 0.226 e. The van der Waals surface area contributed by atoms with Crippen molar-refractivity contribution < 1.29 is 9.53 Å². The number of methoxy groups -OCH3 is 1. The Labute approximate surface area is 138 Å². The van der Waals surface area contributed by atoms with Crippen LogP contribution in [0.1, 0.15) is 22.3 Å². The number of carbonyl (C=O) groups excluding carboxylic acids is 1. The molecule has 0 aliphatic rings. The molecule has 0 spiro atoms. The van der Waals surface area contributed by atoms with Crippen LogP contribution in [-0.2, 0) is 17.6 Å². The van der Waals surface area contributed by atoms with Gasteiger partial charge in [0.25, 0.3) is 0 Å². The first-order valence-electron chi connectivity index (χ1n) is 7.79. The van der Waals surface area contributed by atoms with Gasteiger partial charge >= 0.3 is 0 Å². The molecule has 4 heteroatoms. The quantitative estimate of drug-likeness (QED) is 0.823. The van der Waals surface area contributed by atoms with Gasteiger partial charge in [-0.15, -0.1) is 0 Å². The third-order valence-electron chi connectivity index (χ3n) is 4.32. The summed E-state index contributed by atoms with van der Waals surface area (Å²) in [5, 5.41) is 0. The lowest BCUT2D eigenvalue weighted by Gasteiger charge is -2.19. The Morgan fingerprint density at radius 1 is 1.13 bits per heavy atom. The van der Waals surface area contributed by atoms with E-state index in [0.29, 0.717) is 13.0 Å². The van der Waals surface area contributed by atoms with Gasteiger partial charge in [-0.3, -0.25) is 9.78 Å². The van der Waals surface area contributed by atoms with E-state index in [4.69, 9.17) is 4.74 Å². The fourth-order valence-electron chi connectivity index (χ4n) is 2.53. The molecule has 0 saturated carbocycles. The van der Waals surface area contributed by atoms with E-state index in [0.717, 1.165) is 28.9 Å². The van der Waals surface area contributed by atoms with Crippen molar-refractivity contribution in [3.63, 3.8) is 0 Å². The number of benzene rings is 1. The van der Waals surface area contributed by atoms with Gasteiger partial charge in [-0.25, -0.2) is 0 Å². The second-order valence-corrected chi connectivity index (χ2v) is 5.77. The summed E-state index contributed by atoms with van der Waals surface area (Å²) in [7, 11) is 3.52. The van der Waals surface area contributed by atoms with Crippen LogP contribution in [0.4, 0.5) is 0 Å². The number of pyridine rings is 1. The van der Waals surface area contributed by atoms with Gasteiger partial charge in [-0.1, -0.05) is 6.07 Å². The number of carbonyl (C=O) groups is 1. The molecule has 1 aromatic carbocycles. The largest absolute Gasteiger partial charge is 0.496 e. The minimum Gasteiger partial charge on any atom is -0.496 e. The fraction of sp³-hybridized carbons (Fsp3) is 0.368. The maximum Gasteiger partial charge on any atom is 0.226 e. The van der Waals surface area contributed by atoms with Crippen LogP contribution in [0.15, 0.2) is 36.7 Å². The molecular formula is C19H24N2O2. The van der Waals surface area contributed by atoms with E-state index in [1.165, 1.54) is 5.56 Å². The number of hydrogen-bond donors (Lipinski definition) is 0. The van der Waals surface area contributed by atoms with E-state index in [9.17, 15) is 4.79 Å². The Kier molecular flexibility index (Phi) is 5.74. The van der Waals surface area contributed by atoms with Crippen molar-refractivity contribution in [2.75, 3.05) is 20.7 Å². The van der Waals surface area contributed by atoms with Gasteiger partial charge in [-0.05, 0) is 60.7 Å². The molecule has 4 nitrogen and oxygen atoms in total. The minimum absolute atomic E-state index is 0.131. The highest BCUT2D eigenvalue weighted by Gasteiger charge is 2.13. The van der Waals surface area contributed by atoms with Gasteiger partial charge in [-0.2, -0.15) is 0 Å². The lowest BCUT2D eigenvalue weighted by Crippen LogP contribution is -2.30. The van der Waals surface area contributed by atoms with Crippen LogP contribution in [-0.4, -0.2) is 36.5 Å². The Bertz CT molecular complexity index is 669. The van der Waals surface area contributed by atoms with Gasteiger partial charge < -0.3 is 9.64 Å². The van der Waals surface area contributed by atoms with Crippen LogP contribution in [0, 0.1) is 13.8 Å². The molecule has 122 valence electrons. The Morgan fingerprint density at radius 3 is 2.48 bits per heavy atom. The lowest BCUT2D eigenvalue weighted by molar-refractivity contribution is -0.129. The molecule has 0 aliphatic carbocycles. The van der Waals surface area contributed by atoms with E-state index in [1.54, 1.807) is 24.4 Å². The van der Waals surface area contributed by atoms with Crippen LogP contribution in [0.3, 0.4) is 0 Å². The Balaban J connectivity index is 1.97. The van der Waals surface area contributed by atoms with Crippen LogP contribution < -0.4 is 4.74 Å². The first-order chi connectivity index (χ1) is 11.0. The maximum absolute atomic E-state index is 12.4. The van der Waals surface area contributed by atoms with Crippen molar-refractivity contribution in [1.29, 1.82) is 0 Å². The highest BCUT2D eigenvalue weighted by molar-refractivity contribution is 5.79. The van der Waals surface area contributed by atoms with E-state index >= 15 is 0 Å². The molecule has 1 amide bonds. The maximum atomic E-state index is 12.4. The Morgan fingerprint density at radius 2 is 1.83 bits per heavy atom. The van der Waals surface area contributed by atoms with Crippen molar-refractivity contribution in [1.82, 2.24) is 9.88 Å². The third-order valence-corrected chi connectivity index (χ3v) is 4.32. The zero-order valence-corrected chi connectivity index (χ0v) is 14.3. The number of ether oxygens (including phenoxy) is 1. The molecule has 2 rings (SSSR count). The molecule has 2 aromatic rings. The summed E-state index contributed by atoms with van der Waals surface area (Å²) >= 11 is 0. The van der Waals surface area contributed by atoms with Crippen LogP contribution >= 0.6 is 0 Å². The molecule has 0 aliphatic heterocycles. The molecule has 1 heterocycles. The Hall–Kier alpha value is -2.36. The number of likely N-dealkylation sites (N-methyl/N-ethyl adjacent to an activating group) is 1. The second-order valence-electron chi connectivity index (χ2n) is 5.77. The zero-order chi connectivity index (χ0) is 16.8. The number of aromatic nitrogens is 1. The van der Waals surface area contributed by atoms with Gasteiger partial charge in [0.2, 0.25) is 5.91 Å². The van der Waals surface area contributed by atoms with Crippen molar-refractivity contribution in [2.24, 2.45) is 0 Å². The monoisotopic (exact) mass is 312 g/mol. The summed E-state index contributed by atoms with van der Waals surface area (Å²) < 4.78 is 5.32. The predicted octanol–water partition coefficient (Wildman–Crippen LogP) is 2.95. The summed E-state index contributed by atoms with van der Waals surface area (Å²) in [6, 6.07) is 7.88. The minimum atomic E-state index is 0.131. The molecule has 0 N–H and O–H groups in total. The van der Waals surface area contributed by atoms with E-state index in [2.05, 4.69) is 4.98 Å². The SMILES string of the molecule is COc1ccc(CC(=O)N(C)CCc2ccncc2)c(C)c1C. The molecule has 0 radical (unpaired) electrons. The van der Waals surface area contributed by atoms with Gasteiger partial charge in [0, 0.05) is 26.0 Å². The van der Waals surface area contributed by atoms with Crippen LogP contribution in [0.25, 0.3) is 0 Å². The first kappa shape index (κ1) is 17.0. The van der Waals surface area contributed by atoms with Crippen molar-refractivity contribution in [2.45, 2.75) is 26.7 Å². The summed E-state index contributed by atoms with van der Waals surface area (Å²) in [6.07, 6.45) is 4.82. The fourth-order valence-corrected chi connectivity index (χ4v) is 2.53. The van der Waals surface area contributed by atoms with E-state index in [-0.39, 0.29) is 5.91 Å². The summed E-state index contributed by atoms with van der Waals surface area (Å²) in [4.78, 5) is 18.2. The van der Waals surface area contributed by atoms with E-state index < -0.39 is 0 Å². The van der Waals surface area contributed by atoms with Crippen LogP contribution in [0.5, 0.6) is 5.75 Å². The van der Waals surface area contributed by atoms with E-state index in [1.807, 2.05) is 45.2 Å². The molecule has 0 atom stereocenters. The summed E-state index contributed by atoms with van der Waals surface area (Å²) in [5.41, 5.74) is 4.47. The number of nitrogens with zero attached hydrogens (tertiary/aromatic N) is 2. The topological polar surface area (TPSA) is 42.4 Å². The summed E-state index contributed by atoms with van der Waals surface area (Å²) in [6.45, 7) is 4.77.